The smallest absolute Gasteiger partial charge is 0.333 e. The van der Waals surface area contributed by atoms with Crippen molar-refractivity contribution in [3.05, 3.63) is 12.3 Å². The van der Waals surface area contributed by atoms with E-state index in [1.165, 1.54) is 53.9 Å². The van der Waals surface area contributed by atoms with Gasteiger partial charge in [0, 0.05) is 48.1 Å². The largest absolute Gasteiger partial charge is 0.390 e. The van der Waals surface area contributed by atoms with Gasteiger partial charge in [0.15, 0.2) is 0 Å². The number of aliphatic hydroxyl groups is 1. The highest BCUT2D eigenvalue weighted by molar-refractivity contribution is 6.07. The molecule has 0 aromatic rings. The Bertz CT molecular complexity index is 1210. The fourth-order valence-corrected chi connectivity index (χ4v) is 4.25. The van der Waals surface area contributed by atoms with E-state index in [0.29, 0.717) is 17.7 Å². The quantitative estimate of drug-likeness (QED) is 0.161. The van der Waals surface area contributed by atoms with Gasteiger partial charge >= 0.3 is 18.1 Å². The molecule has 0 radical (unpaired) electrons. The molecule has 17 heteroatoms. The van der Waals surface area contributed by atoms with Crippen LogP contribution in [0.1, 0.15) is 67.2 Å². The number of hydrogen-bond acceptors (Lipinski definition) is 9. The zero-order valence-corrected chi connectivity index (χ0v) is 29.3. The minimum atomic E-state index is -1.50. The molecular formula is C30H52N8O9. The van der Waals surface area contributed by atoms with Crippen molar-refractivity contribution in [3.8, 4) is 0 Å². The van der Waals surface area contributed by atoms with Crippen molar-refractivity contribution < 1.29 is 43.5 Å². The van der Waals surface area contributed by atoms with Crippen LogP contribution < -0.4 is 21.3 Å². The number of hydrogen-bond donors (Lipinski definition) is 5. The van der Waals surface area contributed by atoms with Gasteiger partial charge in [0.1, 0.15) is 23.8 Å². The Morgan fingerprint density at radius 3 is 1.81 bits per heavy atom. The van der Waals surface area contributed by atoms with Gasteiger partial charge in [-0.1, -0.05) is 27.4 Å². The van der Waals surface area contributed by atoms with Crippen molar-refractivity contribution in [1.29, 1.82) is 0 Å². The first-order valence-electron chi connectivity index (χ1n) is 15.1. The summed E-state index contributed by atoms with van der Waals surface area (Å²) in [6.45, 7) is 13.3. The van der Waals surface area contributed by atoms with Gasteiger partial charge < -0.3 is 30.4 Å². The minimum absolute atomic E-state index is 0.0824. The highest BCUT2D eigenvalue weighted by Gasteiger charge is 2.36. The molecule has 0 bridgehead atoms. The lowest BCUT2D eigenvalue weighted by Crippen LogP contribution is -2.58. The maximum absolute atomic E-state index is 13.2. The van der Waals surface area contributed by atoms with Gasteiger partial charge in [0.25, 0.3) is 11.8 Å². The number of rotatable bonds is 14. The summed E-state index contributed by atoms with van der Waals surface area (Å²) in [5.74, 6) is -3.18. The number of nitrogens with zero attached hydrogens (tertiary/aromatic N) is 4. The van der Waals surface area contributed by atoms with Crippen molar-refractivity contribution in [1.82, 2.24) is 40.9 Å². The average molecular weight is 669 g/mol. The van der Waals surface area contributed by atoms with Crippen molar-refractivity contribution >= 4 is 47.6 Å². The number of amides is 11. The molecule has 0 aliphatic carbocycles. The molecule has 1 unspecified atom stereocenters. The highest BCUT2D eigenvalue weighted by Crippen LogP contribution is 2.18. The molecule has 0 aromatic heterocycles. The molecule has 3 atom stereocenters. The first-order valence-corrected chi connectivity index (χ1v) is 15.1. The average Bonchev–Trinajstić information content (AvgIpc) is 2.98. The summed E-state index contributed by atoms with van der Waals surface area (Å²) in [7, 11) is 6.40. The van der Waals surface area contributed by atoms with Crippen LogP contribution in [-0.4, -0.2) is 131 Å². The number of nitrogens with one attached hydrogen (secondary N) is 4. The molecule has 0 heterocycles. The Morgan fingerprint density at radius 1 is 0.809 bits per heavy atom. The van der Waals surface area contributed by atoms with E-state index in [0.717, 1.165) is 16.8 Å². The van der Waals surface area contributed by atoms with Crippen molar-refractivity contribution in [2.45, 2.75) is 91.0 Å². The van der Waals surface area contributed by atoms with Gasteiger partial charge in [-0.25, -0.2) is 19.3 Å². The van der Waals surface area contributed by atoms with E-state index in [4.69, 9.17) is 0 Å². The Labute approximate surface area is 276 Å². The van der Waals surface area contributed by atoms with E-state index in [2.05, 4.69) is 17.2 Å². The van der Waals surface area contributed by atoms with Crippen LogP contribution in [0.3, 0.4) is 0 Å². The summed E-state index contributed by atoms with van der Waals surface area (Å²) >= 11 is 0. The van der Waals surface area contributed by atoms with Crippen LogP contribution in [0.5, 0.6) is 0 Å². The second kappa shape index (κ2) is 18.6. The first kappa shape index (κ1) is 42.5. The molecule has 0 saturated heterocycles. The maximum Gasteiger partial charge on any atom is 0.333 e. The van der Waals surface area contributed by atoms with E-state index in [1.54, 1.807) is 6.92 Å². The molecule has 0 aliphatic heterocycles. The van der Waals surface area contributed by atoms with Crippen molar-refractivity contribution in [3.63, 3.8) is 0 Å². The zero-order valence-electron chi connectivity index (χ0n) is 29.3. The summed E-state index contributed by atoms with van der Waals surface area (Å²) in [6, 6.07) is -7.10. The van der Waals surface area contributed by atoms with Gasteiger partial charge in [-0.15, -0.1) is 0 Å². The Balaban J connectivity index is 5.58. The number of urea groups is 3. The van der Waals surface area contributed by atoms with E-state index in [-0.39, 0.29) is 36.3 Å². The highest BCUT2D eigenvalue weighted by atomic mass is 16.3. The second-order valence-electron chi connectivity index (χ2n) is 12.3. The van der Waals surface area contributed by atoms with Crippen molar-refractivity contribution in [2.24, 2.45) is 5.92 Å². The number of carbonyl (C=O) groups excluding carboxylic acids is 8. The van der Waals surface area contributed by atoms with Crippen LogP contribution in [0.25, 0.3) is 0 Å². The predicted molar refractivity (Wildman–Crippen MR) is 172 cm³/mol. The lowest BCUT2D eigenvalue weighted by atomic mass is 9.97. The summed E-state index contributed by atoms with van der Waals surface area (Å²) in [5.41, 5.74) is -1.74. The standard InChI is InChI=1S/C30H52N8O9/c1-13-14-22(39)35(9)19(5)26(43)37(11)21(16-30(6,7)47)24(41)33-28(45)38(12)29(46)34-27(44)32-18(4)25(42)36(10)20(15-17(2)3)23(40)31-8/h17-18,20-21,47H,5,13-16H2,1-4,6-12H3,(H,31,40)(H,33,41,45)(H2,32,34,44,46)/t18?,20-,21-/m0/s1. The van der Waals surface area contributed by atoms with Crippen molar-refractivity contribution in [2.75, 3.05) is 35.2 Å². The first-order chi connectivity index (χ1) is 21.5. The van der Waals surface area contributed by atoms with Crippen LogP contribution in [0.4, 0.5) is 14.4 Å². The van der Waals surface area contributed by atoms with Crippen LogP contribution in [0.2, 0.25) is 0 Å². The zero-order chi connectivity index (χ0) is 37.0. The number of carbonyl (C=O) groups is 8. The summed E-state index contributed by atoms with van der Waals surface area (Å²) in [5, 5.41) is 19.0. The summed E-state index contributed by atoms with van der Waals surface area (Å²) in [6.07, 6.45) is 0.708. The fourth-order valence-electron chi connectivity index (χ4n) is 4.25. The fraction of sp³-hybridized carbons (Fsp3) is 0.667. The van der Waals surface area contributed by atoms with Gasteiger partial charge in [-0.3, -0.25) is 34.6 Å². The summed E-state index contributed by atoms with van der Waals surface area (Å²) < 4.78 is 0. The molecule has 0 fully saturated rings. The third kappa shape index (κ3) is 13.4. The van der Waals surface area contributed by atoms with Gasteiger partial charge in [-0.2, -0.15) is 0 Å². The van der Waals surface area contributed by atoms with E-state index < -0.39 is 59.5 Å². The van der Waals surface area contributed by atoms with Crippen LogP contribution >= 0.6 is 0 Å². The normalized spacial score (nSPS) is 12.9. The molecule has 11 amide bonds. The van der Waals surface area contributed by atoms with Crippen LogP contribution in [0, 0.1) is 5.92 Å². The van der Waals surface area contributed by atoms with E-state index in [1.807, 2.05) is 24.5 Å². The molecule has 0 spiro atoms. The Kier molecular flexibility index (Phi) is 16.8. The van der Waals surface area contributed by atoms with Gasteiger partial charge in [-0.05, 0) is 39.5 Å². The molecule has 0 saturated carbocycles. The predicted octanol–water partition coefficient (Wildman–Crippen LogP) is 0.341. The van der Waals surface area contributed by atoms with Crippen LogP contribution in [0.15, 0.2) is 12.3 Å². The van der Waals surface area contributed by atoms with Gasteiger partial charge in [0.2, 0.25) is 17.7 Å². The molecule has 0 rings (SSSR count). The molecule has 0 aromatic carbocycles. The maximum atomic E-state index is 13.2. The molecule has 266 valence electrons. The molecule has 47 heavy (non-hydrogen) atoms. The van der Waals surface area contributed by atoms with E-state index >= 15 is 0 Å². The minimum Gasteiger partial charge on any atom is -0.390 e. The third-order valence-corrected chi connectivity index (χ3v) is 7.11. The molecule has 17 nitrogen and oxygen atoms in total. The number of likely N-dealkylation sites (N-methyl/N-ethyl adjacent to an activating group) is 4. The molecule has 0 aliphatic rings. The monoisotopic (exact) mass is 668 g/mol. The summed E-state index contributed by atoms with van der Waals surface area (Å²) in [4.78, 5) is 105. The Hall–Kier alpha value is -4.54. The van der Waals surface area contributed by atoms with Gasteiger partial charge in [0.05, 0.1) is 5.60 Å². The molecular weight excluding hydrogens is 616 g/mol. The SMILES string of the molecule is C=C(C(=O)N(C)[C@@H](CC(C)(C)O)C(=O)NC(=O)N(C)C(=O)NC(=O)NC(C)C(=O)N(C)[C@@H](CC(C)C)C(=O)NC)N(C)C(=O)CCC. The lowest BCUT2D eigenvalue weighted by molar-refractivity contribution is -0.140. The van der Waals surface area contributed by atoms with E-state index in [9.17, 15) is 43.5 Å². The third-order valence-electron chi connectivity index (χ3n) is 7.11. The molecule has 5 N–H and O–H groups in total. The second-order valence-corrected chi connectivity index (χ2v) is 12.3. The number of imide groups is 3. The Morgan fingerprint density at radius 2 is 1.34 bits per heavy atom. The van der Waals surface area contributed by atoms with Crippen LogP contribution in [-0.2, 0) is 24.0 Å². The topological polar surface area (TPSA) is 218 Å². The lowest BCUT2D eigenvalue weighted by Gasteiger charge is -2.33.